The number of ether oxygens (including phenoxy) is 1. The van der Waals surface area contributed by atoms with E-state index in [9.17, 15) is 22.8 Å². The number of carbonyl (C=O) groups is 3. The third-order valence-corrected chi connectivity index (χ3v) is 7.73. The summed E-state index contributed by atoms with van der Waals surface area (Å²) in [6.45, 7) is 8.72. The van der Waals surface area contributed by atoms with Gasteiger partial charge < -0.3 is 19.4 Å². The Morgan fingerprint density at radius 3 is 2.32 bits per heavy atom. The first-order valence-corrected chi connectivity index (χ1v) is 13.1. The third kappa shape index (κ3) is 6.36. The summed E-state index contributed by atoms with van der Waals surface area (Å²) in [6.07, 6.45) is 0.834. The smallest absolute Gasteiger partial charge is 0.374 e. The predicted octanol–water partition coefficient (Wildman–Crippen LogP) is 0.526. The van der Waals surface area contributed by atoms with Crippen molar-refractivity contribution in [3.05, 3.63) is 17.9 Å². The number of nitrogens with one attached hydrogen (secondary N) is 1. The molecule has 190 valence electrons. The summed E-state index contributed by atoms with van der Waals surface area (Å²) >= 11 is 0. The molecule has 2 aliphatic heterocycles. The highest BCUT2D eigenvalue weighted by Crippen LogP contribution is 2.26. The van der Waals surface area contributed by atoms with E-state index >= 15 is 0 Å². The lowest BCUT2D eigenvalue weighted by molar-refractivity contribution is -0.138. The maximum absolute atomic E-state index is 13.0. The molecule has 0 spiro atoms. The molecule has 0 aliphatic carbocycles. The zero-order chi connectivity index (χ0) is 24.9. The Hall–Kier alpha value is -2.44. The van der Waals surface area contributed by atoms with E-state index in [2.05, 4.69) is 5.32 Å². The summed E-state index contributed by atoms with van der Waals surface area (Å²) in [7, 11) is -3.90. The average molecular weight is 499 g/mol. The van der Waals surface area contributed by atoms with Crippen molar-refractivity contribution in [2.24, 2.45) is 5.92 Å². The molecule has 0 bridgehead atoms. The minimum absolute atomic E-state index is 0.0192. The van der Waals surface area contributed by atoms with Crippen molar-refractivity contribution in [2.45, 2.75) is 44.7 Å². The van der Waals surface area contributed by atoms with Crippen molar-refractivity contribution in [3.8, 4) is 0 Å². The number of carbonyl (C=O) groups excluding carboxylic acids is 3. The van der Waals surface area contributed by atoms with Crippen LogP contribution in [0, 0.1) is 5.92 Å². The molecule has 0 unspecified atom stereocenters. The van der Waals surface area contributed by atoms with Gasteiger partial charge in [0, 0.05) is 51.2 Å². The van der Waals surface area contributed by atoms with Crippen molar-refractivity contribution < 1.29 is 32.0 Å². The Balaban J connectivity index is 1.48. The minimum atomic E-state index is -3.90. The summed E-state index contributed by atoms with van der Waals surface area (Å²) in [5.74, 6) is -1.10. The van der Waals surface area contributed by atoms with Crippen LogP contribution in [0.4, 0.5) is 0 Å². The molecule has 1 aromatic heterocycles. The molecule has 0 atom stereocenters. The number of piperidine rings is 1. The lowest BCUT2D eigenvalue weighted by Gasteiger charge is -2.38. The molecular formula is C22H34N4O7S. The second-order valence-electron chi connectivity index (χ2n) is 8.84. The van der Waals surface area contributed by atoms with Gasteiger partial charge in [-0.05, 0) is 45.7 Å². The number of nitrogens with zero attached hydrogens (tertiary/aromatic N) is 3. The van der Waals surface area contributed by atoms with Gasteiger partial charge in [-0.2, -0.15) is 4.31 Å². The largest absolute Gasteiger partial charge is 0.460 e. The molecule has 2 aliphatic rings. The molecule has 34 heavy (non-hydrogen) atoms. The second-order valence-corrected chi connectivity index (χ2v) is 10.7. The van der Waals surface area contributed by atoms with Crippen LogP contribution in [-0.4, -0.2) is 98.8 Å². The van der Waals surface area contributed by atoms with E-state index in [4.69, 9.17) is 9.15 Å². The van der Waals surface area contributed by atoms with Crippen molar-refractivity contribution in [1.29, 1.82) is 0 Å². The monoisotopic (exact) mass is 498 g/mol. The Morgan fingerprint density at radius 1 is 1.09 bits per heavy atom. The summed E-state index contributed by atoms with van der Waals surface area (Å²) in [5, 5.41) is 2.56. The number of amides is 2. The molecular weight excluding hydrogens is 464 g/mol. The first-order chi connectivity index (χ1) is 16.1. The van der Waals surface area contributed by atoms with Crippen LogP contribution in [0.5, 0.6) is 0 Å². The van der Waals surface area contributed by atoms with Gasteiger partial charge >= 0.3 is 5.97 Å². The van der Waals surface area contributed by atoms with Crippen LogP contribution in [0.3, 0.4) is 0 Å². The quantitative estimate of drug-likeness (QED) is 0.514. The Labute approximate surface area is 200 Å². The molecule has 0 aromatic carbocycles. The molecule has 3 heterocycles. The zero-order valence-corrected chi connectivity index (χ0v) is 20.8. The number of furan rings is 1. The highest BCUT2D eigenvalue weighted by atomic mass is 32.2. The van der Waals surface area contributed by atoms with E-state index in [-0.39, 0.29) is 54.3 Å². The van der Waals surface area contributed by atoms with Gasteiger partial charge in [0.05, 0.1) is 13.2 Å². The molecule has 11 nitrogen and oxygen atoms in total. The third-order valence-electron chi connectivity index (χ3n) is 5.96. The fraction of sp³-hybridized carbons (Fsp3) is 0.682. The molecule has 2 amide bonds. The van der Waals surface area contributed by atoms with Crippen molar-refractivity contribution in [1.82, 2.24) is 19.4 Å². The van der Waals surface area contributed by atoms with E-state index in [0.717, 1.165) is 0 Å². The molecule has 12 heteroatoms. The van der Waals surface area contributed by atoms with Crippen LogP contribution in [0.1, 0.15) is 44.2 Å². The molecule has 1 aromatic rings. The Kier molecular flexibility index (Phi) is 8.72. The van der Waals surface area contributed by atoms with Crippen LogP contribution < -0.4 is 5.32 Å². The van der Waals surface area contributed by atoms with E-state index in [1.807, 2.05) is 23.6 Å². The van der Waals surface area contributed by atoms with Crippen LogP contribution in [0.15, 0.2) is 21.6 Å². The molecule has 3 rings (SSSR count). The van der Waals surface area contributed by atoms with E-state index in [1.165, 1.54) is 16.4 Å². The SMILES string of the molecule is CCOC(=O)c1ccc(S(=O)(=O)N2CCC(C(=O)N3CCN(CC(=O)NC(C)C)CC3)CC2)o1. The van der Waals surface area contributed by atoms with Gasteiger partial charge in [-0.3, -0.25) is 14.5 Å². The standard InChI is InChI=1S/C22H34N4O7S/c1-4-32-22(29)18-5-6-20(33-18)34(30,31)26-9-7-17(8-10-26)21(28)25-13-11-24(12-14-25)15-19(27)23-16(2)3/h5-6,16-17H,4,7-15H2,1-3H3,(H,23,27). The van der Waals surface area contributed by atoms with Crippen LogP contribution >= 0.6 is 0 Å². The van der Waals surface area contributed by atoms with Crippen molar-refractivity contribution in [3.63, 3.8) is 0 Å². The fourth-order valence-electron chi connectivity index (χ4n) is 4.20. The van der Waals surface area contributed by atoms with Crippen molar-refractivity contribution >= 4 is 27.8 Å². The minimum Gasteiger partial charge on any atom is -0.460 e. The van der Waals surface area contributed by atoms with E-state index in [1.54, 1.807) is 6.92 Å². The Bertz CT molecular complexity index is 975. The molecule has 1 N–H and O–H groups in total. The van der Waals surface area contributed by atoms with E-state index in [0.29, 0.717) is 45.6 Å². The summed E-state index contributed by atoms with van der Waals surface area (Å²) in [4.78, 5) is 40.5. The maximum atomic E-state index is 13.0. The zero-order valence-electron chi connectivity index (χ0n) is 20.0. The van der Waals surface area contributed by atoms with Gasteiger partial charge in [0.15, 0.2) is 0 Å². The van der Waals surface area contributed by atoms with Gasteiger partial charge in [0.1, 0.15) is 0 Å². The first kappa shape index (κ1) is 26.2. The number of hydrogen-bond donors (Lipinski definition) is 1. The number of hydrogen-bond acceptors (Lipinski definition) is 8. The topological polar surface area (TPSA) is 129 Å². The van der Waals surface area contributed by atoms with Gasteiger partial charge in [0.2, 0.25) is 22.7 Å². The number of esters is 1. The van der Waals surface area contributed by atoms with Gasteiger partial charge in [0.25, 0.3) is 10.0 Å². The molecule has 0 radical (unpaired) electrons. The Morgan fingerprint density at radius 2 is 1.74 bits per heavy atom. The second kappa shape index (κ2) is 11.3. The summed E-state index contributed by atoms with van der Waals surface area (Å²) < 4.78 is 37.1. The number of piperazine rings is 1. The fourth-order valence-corrected chi connectivity index (χ4v) is 5.58. The summed E-state index contributed by atoms with van der Waals surface area (Å²) in [5.41, 5.74) is 0. The lowest BCUT2D eigenvalue weighted by Crippen LogP contribution is -2.53. The molecule has 2 fully saturated rings. The average Bonchev–Trinajstić information content (AvgIpc) is 3.30. The van der Waals surface area contributed by atoms with E-state index < -0.39 is 16.0 Å². The molecule has 0 saturated carbocycles. The van der Waals surface area contributed by atoms with Gasteiger partial charge in [-0.15, -0.1) is 0 Å². The highest BCUT2D eigenvalue weighted by molar-refractivity contribution is 7.89. The highest BCUT2D eigenvalue weighted by Gasteiger charge is 2.36. The predicted molar refractivity (Wildman–Crippen MR) is 122 cm³/mol. The van der Waals surface area contributed by atoms with Gasteiger partial charge in [-0.1, -0.05) is 0 Å². The van der Waals surface area contributed by atoms with Crippen LogP contribution in [-0.2, 0) is 24.3 Å². The van der Waals surface area contributed by atoms with Crippen LogP contribution in [0.25, 0.3) is 0 Å². The number of rotatable bonds is 8. The van der Waals surface area contributed by atoms with Gasteiger partial charge in [-0.25, -0.2) is 13.2 Å². The first-order valence-electron chi connectivity index (χ1n) is 11.7. The maximum Gasteiger partial charge on any atom is 0.374 e. The van der Waals surface area contributed by atoms with Crippen molar-refractivity contribution in [2.75, 3.05) is 52.4 Å². The normalized spacial score (nSPS) is 18.8. The van der Waals surface area contributed by atoms with Crippen LogP contribution in [0.2, 0.25) is 0 Å². The number of sulfonamides is 1. The lowest BCUT2D eigenvalue weighted by atomic mass is 9.96. The summed E-state index contributed by atoms with van der Waals surface area (Å²) in [6, 6.07) is 2.63. The molecule has 2 saturated heterocycles.